The van der Waals surface area contributed by atoms with Crippen molar-refractivity contribution in [2.75, 3.05) is 18.7 Å². The monoisotopic (exact) mass is 339 g/mol. The summed E-state index contributed by atoms with van der Waals surface area (Å²) < 4.78 is 7.12. The molecule has 24 heavy (non-hydrogen) atoms. The molecule has 0 unspecified atom stereocenters. The summed E-state index contributed by atoms with van der Waals surface area (Å²) in [7, 11) is 1.57. The van der Waals surface area contributed by atoms with E-state index in [1.807, 2.05) is 53.3 Å². The van der Waals surface area contributed by atoms with Gasteiger partial charge in [-0.15, -0.1) is 0 Å². The standard InChI is InChI=1S/C18H17N3O2S/c1-23-16-11-7-6-10-14(16)20-17(22)15-12-19-18(24-2)21(15)13-8-4-3-5-9-13/h3-12H,1-2H3,(H,20,22). The number of nitrogens with zero attached hydrogens (tertiary/aromatic N) is 2. The normalized spacial score (nSPS) is 10.4. The van der Waals surface area contributed by atoms with Gasteiger partial charge >= 0.3 is 0 Å². The zero-order valence-electron chi connectivity index (χ0n) is 13.4. The summed E-state index contributed by atoms with van der Waals surface area (Å²) in [5, 5.41) is 3.65. The van der Waals surface area contributed by atoms with Crippen LogP contribution in [-0.4, -0.2) is 28.8 Å². The van der Waals surface area contributed by atoms with E-state index in [1.165, 1.54) is 11.8 Å². The molecule has 1 amide bonds. The first-order valence-electron chi connectivity index (χ1n) is 7.36. The molecule has 1 N–H and O–H groups in total. The van der Waals surface area contributed by atoms with Crippen LogP contribution in [0.1, 0.15) is 10.5 Å². The molecule has 0 bridgehead atoms. The van der Waals surface area contributed by atoms with Gasteiger partial charge in [-0.25, -0.2) is 4.98 Å². The third kappa shape index (κ3) is 3.14. The lowest BCUT2D eigenvalue weighted by atomic mass is 10.2. The van der Waals surface area contributed by atoms with Gasteiger partial charge in [-0.05, 0) is 30.5 Å². The highest BCUT2D eigenvalue weighted by Crippen LogP contribution is 2.26. The molecule has 0 saturated carbocycles. The van der Waals surface area contributed by atoms with Crippen LogP contribution in [-0.2, 0) is 0 Å². The first-order chi connectivity index (χ1) is 11.7. The molecule has 3 rings (SSSR count). The van der Waals surface area contributed by atoms with Gasteiger partial charge in [-0.2, -0.15) is 0 Å². The summed E-state index contributed by atoms with van der Waals surface area (Å²) in [5.41, 5.74) is 1.98. The van der Waals surface area contributed by atoms with Crippen molar-refractivity contribution in [1.82, 2.24) is 9.55 Å². The van der Waals surface area contributed by atoms with Crippen molar-refractivity contribution in [2.24, 2.45) is 0 Å². The SMILES string of the molecule is COc1ccccc1NC(=O)c1cnc(SC)n1-c1ccccc1. The van der Waals surface area contributed by atoms with Crippen molar-refractivity contribution in [1.29, 1.82) is 0 Å². The van der Waals surface area contributed by atoms with Crippen LogP contribution < -0.4 is 10.1 Å². The predicted molar refractivity (Wildman–Crippen MR) is 96.3 cm³/mol. The molecule has 122 valence electrons. The van der Waals surface area contributed by atoms with Crippen LogP contribution in [0.5, 0.6) is 5.75 Å². The quantitative estimate of drug-likeness (QED) is 0.717. The van der Waals surface area contributed by atoms with Gasteiger partial charge in [0.1, 0.15) is 11.4 Å². The number of ether oxygens (including phenoxy) is 1. The largest absolute Gasteiger partial charge is 0.495 e. The van der Waals surface area contributed by atoms with Crippen LogP contribution >= 0.6 is 11.8 Å². The van der Waals surface area contributed by atoms with E-state index in [9.17, 15) is 4.79 Å². The fourth-order valence-corrected chi connectivity index (χ4v) is 2.94. The number of anilines is 1. The van der Waals surface area contributed by atoms with Gasteiger partial charge in [0, 0.05) is 5.69 Å². The van der Waals surface area contributed by atoms with Crippen LogP contribution in [0.15, 0.2) is 66.0 Å². The van der Waals surface area contributed by atoms with E-state index < -0.39 is 0 Å². The number of amides is 1. The fraction of sp³-hybridized carbons (Fsp3) is 0.111. The zero-order valence-corrected chi connectivity index (χ0v) is 14.2. The van der Waals surface area contributed by atoms with E-state index in [0.29, 0.717) is 17.1 Å². The summed E-state index contributed by atoms with van der Waals surface area (Å²) in [5.74, 6) is 0.373. The molecule has 0 saturated heterocycles. The number of aromatic nitrogens is 2. The second-order valence-electron chi connectivity index (χ2n) is 4.96. The van der Waals surface area contributed by atoms with Crippen molar-refractivity contribution < 1.29 is 9.53 Å². The lowest BCUT2D eigenvalue weighted by Crippen LogP contribution is -2.17. The molecule has 0 atom stereocenters. The molecule has 1 aromatic heterocycles. The van der Waals surface area contributed by atoms with Gasteiger partial charge in [-0.1, -0.05) is 42.1 Å². The molecule has 0 spiro atoms. The number of imidazole rings is 1. The molecule has 5 nitrogen and oxygen atoms in total. The molecule has 0 aliphatic rings. The summed E-state index contributed by atoms with van der Waals surface area (Å²) in [4.78, 5) is 17.1. The van der Waals surface area contributed by atoms with Gasteiger partial charge in [0.05, 0.1) is 19.0 Å². The molecule has 3 aromatic rings. The fourth-order valence-electron chi connectivity index (χ4n) is 2.40. The maximum atomic E-state index is 12.8. The van der Waals surface area contributed by atoms with Crippen molar-refractivity contribution in [3.8, 4) is 11.4 Å². The van der Waals surface area contributed by atoms with Crippen LogP contribution in [0, 0.1) is 0 Å². The second-order valence-corrected chi connectivity index (χ2v) is 5.73. The minimum Gasteiger partial charge on any atom is -0.495 e. The maximum absolute atomic E-state index is 12.8. The Hall–Kier alpha value is -2.73. The van der Waals surface area contributed by atoms with Gasteiger partial charge in [0.15, 0.2) is 5.16 Å². The van der Waals surface area contributed by atoms with Gasteiger partial charge in [-0.3, -0.25) is 9.36 Å². The molecule has 2 aromatic carbocycles. The highest BCUT2D eigenvalue weighted by molar-refractivity contribution is 7.98. The van der Waals surface area contributed by atoms with Gasteiger partial charge in [0.2, 0.25) is 0 Å². The first-order valence-corrected chi connectivity index (χ1v) is 8.58. The Balaban J connectivity index is 1.98. The van der Waals surface area contributed by atoms with Crippen LogP contribution in [0.25, 0.3) is 5.69 Å². The highest BCUT2D eigenvalue weighted by atomic mass is 32.2. The average Bonchev–Trinajstić information content (AvgIpc) is 3.07. The van der Waals surface area contributed by atoms with E-state index in [4.69, 9.17) is 4.74 Å². The van der Waals surface area contributed by atoms with Crippen LogP contribution in [0.3, 0.4) is 0 Å². The number of hydrogen-bond acceptors (Lipinski definition) is 4. The molecule has 0 aliphatic carbocycles. The number of para-hydroxylation sites is 3. The van der Waals surface area contributed by atoms with Crippen LogP contribution in [0.4, 0.5) is 5.69 Å². The zero-order chi connectivity index (χ0) is 16.9. The summed E-state index contributed by atoms with van der Waals surface area (Å²) >= 11 is 1.49. The number of methoxy groups -OCH3 is 1. The minimum atomic E-state index is -0.240. The lowest BCUT2D eigenvalue weighted by Gasteiger charge is -2.12. The molecular weight excluding hydrogens is 322 g/mol. The number of hydrogen-bond donors (Lipinski definition) is 1. The molecule has 0 radical (unpaired) electrons. The Morgan fingerprint density at radius 2 is 1.83 bits per heavy atom. The highest BCUT2D eigenvalue weighted by Gasteiger charge is 2.18. The summed E-state index contributed by atoms with van der Waals surface area (Å²) in [6.07, 6.45) is 3.52. The minimum absolute atomic E-state index is 0.240. The Morgan fingerprint density at radius 1 is 1.12 bits per heavy atom. The third-order valence-electron chi connectivity index (χ3n) is 3.51. The predicted octanol–water partition coefficient (Wildman–Crippen LogP) is 3.86. The Kier molecular flexibility index (Phi) is 4.86. The lowest BCUT2D eigenvalue weighted by molar-refractivity contribution is 0.101. The number of thioether (sulfide) groups is 1. The van der Waals surface area contributed by atoms with Crippen LogP contribution in [0.2, 0.25) is 0 Å². The molecule has 0 fully saturated rings. The van der Waals surface area contributed by atoms with E-state index in [2.05, 4.69) is 10.3 Å². The summed E-state index contributed by atoms with van der Waals surface area (Å²) in [6, 6.07) is 17.0. The number of nitrogens with one attached hydrogen (secondary N) is 1. The average molecular weight is 339 g/mol. The Morgan fingerprint density at radius 3 is 2.54 bits per heavy atom. The molecule has 0 aliphatic heterocycles. The Labute approximate surface area is 144 Å². The first kappa shape index (κ1) is 16.1. The Bertz CT molecular complexity index is 846. The van der Waals surface area contributed by atoms with Crippen molar-refractivity contribution >= 4 is 23.4 Å². The topological polar surface area (TPSA) is 56.1 Å². The molecular formula is C18H17N3O2S. The van der Waals surface area contributed by atoms with E-state index >= 15 is 0 Å². The smallest absolute Gasteiger partial charge is 0.274 e. The molecule has 1 heterocycles. The van der Waals surface area contributed by atoms with E-state index in [1.54, 1.807) is 25.4 Å². The maximum Gasteiger partial charge on any atom is 0.274 e. The number of carbonyl (C=O) groups excluding carboxylic acids is 1. The number of benzene rings is 2. The van der Waals surface area contributed by atoms with Crippen molar-refractivity contribution in [3.63, 3.8) is 0 Å². The number of carbonyl (C=O) groups is 1. The second kappa shape index (κ2) is 7.23. The summed E-state index contributed by atoms with van der Waals surface area (Å²) in [6.45, 7) is 0. The van der Waals surface area contributed by atoms with Gasteiger partial charge < -0.3 is 10.1 Å². The van der Waals surface area contributed by atoms with E-state index in [0.717, 1.165) is 10.8 Å². The molecule has 6 heteroatoms. The van der Waals surface area contributed by atoms with Gasteiger partial charge in [0.25, 0.3) is 5.91 Å². The van der Waals surface area contributed by atoms with E-state index in [-0.39, 0.29) is 5.91 Å². The number of rotatable bonds is 5. The van der Waals surface area contributed by atoms with Crippen molar-refractivity contribution in [2.45, 2.75) is 5.16 Å². The van der Waals surface area contributed by atoms with Crippen molar-refractivity contribution in [3.05, 3.63) is 66.5 Å². The third-order valence-corrected chi connectivity index (χ3v) is 4.17.